The molecule has 59 valence electrons. The van der Waals surface area contributed by atoms with E-state index in [1.54, 1.807) is 0 Å². The number of hydrogen-bond donors (Lipinski definition) is 1. The van der Waals surface area contributed by atoms with Crippen molar-refractivity contribution in [1.29, 1.82) is 0 Å². The van der Waals surface area contributed by atoms with Crippen molar-refractivity contribution < 1.29 is 0 Å². The summed E-state index contributed by atoms with van der Waals surface area (Å²) in [6.07, 6.45) is 0. The minimum absolute atomic E-state index is 0.592. The van der Waals surface area contributed by atoms with E-state index in [0.717, 1.165) is 5.39 Å². The van der Waals surface area contributed by atoms with Gasteiger partial charge >= 0.3 is 0 Å². The highest BCUT2D eigenvalue weighted by Gasteiger charge is 1.96. The molecular weight excluding hydrogens is 146 g/mol. The Balaban J connectivity index is 2.79. The van der Waals surface area contributed by atoms with Crippen LogP contribution in [0.5, 0.6) is 0 Å². The average Bonchev–Trinajstić information content (AvgIpc) is 2.17. The summed E-state index contributed by atoms with van der Waals surface area (Å²) in [5, 5.41) is 2.35. The SMILES string of the molecule is NCc1cccc2[c]cccc12. The Morgan fingerprint density at radius 2 is 2.08 bits per heavy atom. The Labute approximate surface area is 71.8 Å². The average molecular weight is 156 g/mol. The van der Waals surface area contributed by atoms with Gasteiger partial charge in [0.1, 0.15) is 0 Å². The Morgan fingerprint density at radius 1 is 1.17 bits per heavy atom. The lowest BCUT2D eigenvalue weighted by Gasteiger charge is -2.01. The number of benzene rings is 2. The van der Waals surface area contributed by atoms with Crippen molar-refractivity contribution in [3.05, 3.63) is 48.0 Å². The molecule has 0 aromatic heterocycles. The standard InChI is InChI=1S/C11H10N/c12-8-10-6-3-5-9-4-1-2-7-11(9)10/h1-3,5-7H,8,12H2. The predicted octanol–water partition coefficient (Wildman–Crippen LogP) is 2.10. The van der Waals surface area contributed by atoms with E-state index in [1.807, 2.05) is 18.2 Å². The van der Waals surface area contributed by atoms with Crippen LogP contribution >= 0.6 is 0 Å². The summed E-state index contributed by atoms with van der Waals surface area (Å²) in [6.45, 7) is 0.592. The van der Waals surface area contributed by atoms with Crippen LogP contribution in [0.1, 0.15) is 5.56 Å². The summed E-state index contributed by atoms with van der Waals surface area (Å²) in [6, 6.07) is 15.3. The molecule has 0 aliphatic carbocycles. The van der Waals surface area contributed by atoms with Crippen LogP contribution < -0.4 is 5.73 Å². The highest BCUT2D eigenvalue weighted by Crippen LogP contribution is 2.16. The van der Waals surface area contributed by atoms with Crippen molar-refractivity contribution in [2.75, 3.05) is 0 Å². The van der Waals surface area contributed by atoms with Gasteiger partial charge < -0.3 is 5.73 Å². The van der Waals surface area contributed by atoms with Crippen LogP contribution in [0, 0.1) is 6.07 Å². The zero-order valence-electron chi connectivity index (χ0n) is 6.75. The molecular formula is C11H10N. The highest BCUT2D eigenvalue weighted by molar-refractivity contribution is 5.85. The zero-order valence-corrected chi connectivity index (χ0v) is 6.75. The Bertz CT molecular complexity index is 388. The van der Waals surface area contributed by atoms with E-state index in [4.69, 9.17) is 5.73 Å². The summed E-state index contributed by atoms with van der Waals surface area (Å²) in [4.78, 5) is 0. The van der Waals surface area contributed by atoms with Crippen LogP contribution in [0.2, 0.25) is 0 Å². The van der Waals surface area contributed by atoms with Crippen LogP contribution in [0.3, 0.4) is 0 Å². The van der Waals surface area contributed by atoms with Gasteiger partial charge in [0, 0.05) is 6.54 Å². The summed E-state index contributed by atoms with van der Waals surface area (Å²) >= 11 is 0. The van der Waals surface area contributed by atoms with Gasteiger partial charge in [-0.05, 0) is 22.4 Å². The first-order valence-corrected chi connectivity index (χ1v) is 4.00. The van der Waals surface area contributed by atoms with E-state index in [1.165, 1.54) is 10.9 Å². The van der Waals surface area contributed by atoms with Crippen molar-refractivity contribution in [2.45, 2.75) is 6.54 Å². The summed E-state index contributed by atoms with van der Waals surface area (Å²) in [5.74, 6) is 0. The fourth-order valence-corrected chi connectivity index (χ4v) is 1.40. The van der Waals surface area contributed by atoms with Gasteiger partial charge in [0.15, 0.2) is 0 Å². The quantitative estimate of drug-likeness (QED) is 0.672. The Morgan fingerprint density at radius 3 is 2.92 bits per heavy atom. The van der Waals surface area contributed by atoms with Gasteiger partial charge in [-0.15, -0.1) is 0 Å². The Hall–Kier alpha value is -1.34. The monoisotopic (exact) mass is 156 g/mol. The van der Waals surface area contributed by atoms with E-state index in [-0.39, 0.29) is 0 Å². The molecule has 0 saturated carbocycles. The maximum atomic E-state index is 5.60. The molecule has 0 aliphatic rings. The van der Waals surface area contributed by atoms with Crippen LogP contribution in [-0.2, 0) is 6.54 Å². The molecule has 0 aliphatic heterocycles. The summed E-state index contributed by atoms with van der Waals surface area (Å²) in [5.41, 5.74) is 6.79. The van der Waals surface area contributed by atoms with Crippen LogP contribution in [0.25, 0.3) is 10.8 Å². The fraction of sp³-hybridized carbons (Fsp3) is 0.0909. The second-order valence-electron chi connectivity index (χ2n) is 2.75. The van der Waals surface area contributed by atoms with Gasteiger partial charge in [0.2, 0.25) is 0 Å². The highest BCUT2D eigenvalue weighted by atomic mass is 14.5. The molecule has 1 radical (unpaired) electrons. The van der Waals surface area contributed by atoms with Gasteiger partial charge in [-0.25, -0.2) is 0 Å². The third-order valence-electron chi connectivity index (χ3n) is 2.01. The Kier molecular flexibility index (Phi) is 1.80. The van der Waals surface area contributed by atoms with Gasteiger partial charge in [-0.1, -0.05) is 36.4 Å². The first kappa shape index (κ1) is 7.32. The number of fused-ring (bicyclic) bond motifs is 1. The summed E-state index contributed by atoms with van der Waals surface area (Å²) in [7, 11) is 0. The van der Waals surface area contributed by atoms with Crippen LogP contribution in [0.4, 0.5) is 0 Å². The number of hydrogen-bond acceptors (Lipinski definition) is 1. The first-order chi connectivity index (χ1) is 5.92. The van der Waals surface area contributed by atoms with Gasteiger partial charge in [-0.2, -0.15) is 0 Å². The molecule has 0 saturated heterocycles. The number of rotatable bonds is 1. The molecule has 1 heteroatoms. The van der Waals surface area contributed by atoms with Crippen molar-refractivity contribution >= 4 is 10.8 Å². The molecule has 2 aromatic carbocycles. The zero-order chi connectivity index (χ0) is 8.39. The maximum absolute atomic E-state index is 5.60. The topological polar surface area (TPSA) is 26.0 Å². The normalized spacial score (nSPS) is 10.4. The van der Waals surface area contributed by atoms with Gasteiger partial charge in [-0.3, -0.25) is 0 Å². The fourth-order valence-electron chi connectivity index (χ4n) is 1.40. The molecule has 0 spiro atoms. The van der Waals surface area contributed by atoms with E-state index in [2.05, 4.69) is 24.3 Å². The van der Waals surface area contributed by atoms with Crippen molar-refractivity contribution in [2.24, 2.45) is 5.73 Å². The molecule has 2 rings (SSSR count). The minimum Gasteiger partial charge on any atom is -0.326 e. The molecule has 0 unspecified atom stereocenters. The molecule has 0 heterocycles. The van der Waals surface area contributed by atoms with Crippen molar-refractivity contribution in [1.82, 2.24) is 0 Å². The van der Waals surface area contributed by atoms with Gasteiger partial charge in [0.05, 0.1) is 0 Å². The van der Waals surface area contributed by atoms with E-state index in [0.29, 0.717) is 6.54 Å². The molecule has 0 fully saturated rings. The molecule has 2 aromatic rings. The molecule has 2 N–H and O–H groups in total. The largest absolute Gasteiger partial charge is 0.326 e. The van der Waals surface area contributed by atoms with Crippen LogP contribution in [-0.4, -0.2) is 0 Å². The summed E-state index contributed by atoms with van der Waals surface area (Å²) < 4.78 is 0. The third-order valence-corrected chi connectivity index (χ3v) is 2.01. The second-order valence-corrected chi connectivity index (χ2v) is 2.75. The lowest BCUT2D eigenvalue weighted by molar-refractivity contribution is 1.09. The first-order valence-electron chi connectivity index (χ1n) is 4.00. The molecule has 0 bridgehead atoms. The van der Waals surface area contributed by atoms with E-state index < -0.39 is 0 Å². The smallest absolute Gasteiger partial charge is 0.0184 e. The molecule has 0 atom stereocenters. The van der Waals surface area contributed by atoms with Crippen molar-refractivity contribution in [3.63, 3.8) is 0 Å². The lowest BCUT2D eigenvalue weighted by Crippen LogP contribution is -1.96. The van der Waals surface area contributed by atoms with Crippen LogP contribution in [0.15, 0.2) is 36.4 Å². The second kappa shape index (κ2) is 2.95. The predicted molar refractivity (Wildman–Crippen MR) is 50.7 cm³/mol. The number of nitrogens with two attached hydrogens (primary N) is 1. The molecule has 12 heavy (non-hydrogen) atoms. The maximum Gasteiger partial charge on any atom is 0.0184 e. The van der Waals surface area contributed by atoms with Gasteiger partial charge in [0.25, 0.3) is 0 Å². The third kappa shape index (κ3) is 1.08. The lowest BCUT2D eigenvalue weighted by atomic mass is 10.1. The van der Waals surface area contributed by atoms with E-state index in [9.17, 15) is 0 Å². The molecule has 1 nitrogen and oxygen atoms in total. The molecule has 0 amide bonds. The van der Waals surface area contributed by atoms with E-state index >= 15 is 0 Å². The van der Waals surface area contributed by atoms with Crippen molar-refractivity contribution in [3.8, 4) is 0 Å². The minimum atomic E-state index is 0.592.